The normalized spacial score (nSPS) is 10.3. The van der Waals surface area contributed by atoms with Gasteiger partial charge in [-0.2, -0.15) is 5.10 Å². The fraction of sp³-hybridized carbons (Fsp3) is 0.200. The lowest BCUT2D eigenvalue weighted by atomic mass is 10.4. The molecule has 0 aliphatic rings. The maximum Gasteiger partial charge on any atom is 0.138 e. The zero-order chi connectivity index (χ0) is 10.7. The smallest absolute Gasteiger partial charge is 0.138 e. The van der Waals surface area contributed by atoms with Gasteiger partial charge in [0, 0.05) is 13.2 Å². The van der Waals surface area contributed by atoms with E-state index in [1.165, 1.54) is 0 Å². The van der Waals surface area contributed by atoms with Crippen molar-refractivity contribution in [2.45, 2.75) is 6.61 Å². The Bertz CT molecular complexity index is 438. The fourth-order valence-corrected chi connectivity index (χ4v) is 1.26. The summed E-state index contributed by atoms with van der Waals surface area (Å²) in [5.74, 6) is 0.685. The molecule has 0 saturated carbocycles. The molecule has 78 valence electrons. The highest BCUT2D eigenvalue weighted by Gasteiger charge is 1.99. The molecule has 0 saturated heterocycles. The lowest BCUT2D eigenvalue weighted by Gasteiger charge is -2.02. The van der Waals surface area contributed by atoms with Gasteiger partial charge in [0.1, 0.15) is 17.5 Å². The zero-order valence-corrected chi connectivity index (χ0v) is 8.98. The summed E-state index contributed by atoms with van der Waals surface area (Å²) < 4.78 is 7.20. The average Bonchev–Trinajstić information content (AvgIpc) is 2.64. The van der Waals surface area contributed by atoms with E-state index in [1.54, 1.807) is 23.0 Å². The summed E-state index contributed by atoms with van der Waals surface area (Å²) in [5, 5.41) is 4.65. The number of pyridine rings is 1. The molecule has 0 aromatic carbocycles. The molecule has 0 aliphatic heterocycles. The molecule has 2 heterocycles. The Balaban J connectivity index is 1.96. The quantitative estimate of drug-likeness (QED) is 0.748. The first-order valence-corrected chi connectivity index (χ1v) is 4.85. The van der Waals surface area contributed by atoms with Gasteiger partial charge < -0.3 is 4.74 Å². The summed E-state index contributed by atoms with van der Waals surface area (Å²) in [6.45, 7) is 0.435. The van der Waals surface area contributed by atoms with Crippen LogP contribution in [0.15, 0.2) is 30.6 Å². The van der Waals surface area contributed by atoms with E-state index in [-0.39, 0.29) is 0 Å². The molecule has 0 spiro atoms. The minimum Gasteiger partial charge on any atom is -0.486 e. The van der Waals surface area contributed by atoms with Gasteiger partial charge in [-0.05, 0) is 18.2 Å². The van der Waals surface area contributed by atoms with E-state index < -0.39 is 0 Å². The molecule has 5 heteroatoms. The largest absolute Gasteiger partial charge is 0.486 e. The standard InChI is InChI=1S/C10H10ClN3O/c1-14-5-4-8(13-14)7-15-9-2-3-10(11)12-6-9/h2-6H,7H2,1H3. The van der Waals surface area contributed by atoms with Gasteiger partial charge in [-0.1, -0.05) is 11.6 Å². The Hall–Kier alpha value is -1.55. The lowest BCUT2D eigenvalue weighted by molar-refractivity contribution is 0.299. The first-order valence-electron chi connectivity index (χ1n) is 4.47. The number of halogens is 1. The highest BCUT2D eigenvalue weighted by molar-refractivity contribution is 6.29. The molecule has 2 aromatic heterocycles. The van der Waals surface area contributed by atoms with Gasteiger partial charge in [0.05, 0.1) is 11.9 Å². The molecule has 0 aliphatic carbocycles. The van der Waals surface area contributed by atoms with Crippen LogP contribution in [0.4, 0.5) is 0 Å². The second kappa shape index (κ2) is 4.31. The van der Waals surface area contributed by atoms with Crippen molar-refractivity contribution in [3.05, 3.63) is 41.4 Å². The summed E-state index contributed by atoms with van der Waals surface area (Å²) in [6.07, 6.45) is 3.46. The Morgan fingerprint density at radius 1 is 1.40 bits per heavy atom. The maximum atomic E-state index is 5.65. The lowest BCUT2D eigenvalue weighted by Crippen LogP contribution is -1.98. The molecule has 4 nitrogen and oxygen atoms in total. The molecule has 0 amide bonds. The average molecular weight is 224 g/mol. The van der Waals surface area contributed by atoms with E-state index in [2.05, 4.69) is 10.1 Å². The third-order valence-corrected chi connectivity index (χ3v) is 2.08. The zero-order valence-electron chi connectivity index (χ0n) is 8.22. The van der Waals surface area contributed by atoms with Crippen molar-refractivity contribution >= 4 is 11.6 Å². The second-order valence-corrected chi connectivity index (χ2v) is 3.47. The van der Waals surface area contributed by atoms with Crippen LogP contribution in [0.5, 0.6) is 5.75 Å². The van der Waals surface area contributed by atoms with E-state index >= 15 is 0 Å². The molecular weight excluding hydrogens is 214 g/mol. The van der Waals surface area contributed by atoms with Crippen molar-refractivity contribution in [2.75, 3.05) is 0 Å². The molecule has 0 fully saturated rings. The van der Waals surface area contributed by atoms with Gasteiger partial charge in [-0.25, -0.2) is 4.98 Å². The summed E-state index contributed by atoms with van der Waals surface area (Å²) in [6, 6.07) is 5.37. The van der Waals surface area contributed by atoms with Crippen LogP contribution in [-0.4, -0.2) is 14.8 Å². The summed E-state index contributed by atoms with van der Waals surface area (Å²) in [4.78, 5) is 3.91. The highest BCUT2D eigenvalue weighted by atomic mass is 35.5. The van der Waals surface area contributed by atoms with E-state index in [1.807, 2.05) is 19.3 Å². The summed E-state index contributed by atoms with van der Waals surface area (Å²) in [5.41, 5.74) is 0.882. The van der Waals surface area contributed by atoms with Crippen LogP contribution < -0.4 is 4.74 Å². The molecular formula is C10H10ClN3O. The van der Waals surface area contributed by atoms with Gasteiger partial charge in [0.15, 0.2) is 0 Å². The highest BCUT2D eigenvalue weighted by Crippen LogP contribution is 2.13. The van der Waals surface area contributed by atoms with Crippen LogP contribution in [0.3, 0.4) is 0 Å². The third-order valence-electron chi connectivity index (χ3n) is 1.86. The van der Waals surface area contributed by atoms with Crippen LogP contribution in [0, 0.1) is 0 Å². The number of aromatic nitrogens is 3. The van der Waals surface area contributed by atoms with Crippen LogP contribution in [0.1, 0.15) is 5.69 Å². The minimum atomic E-state index is 0.435. The van der Waals surface area contributed by atoms with Crippen LogP contribution >= 0.6 is 11.6 Å². The molecule has 0 radical (unpaired) electrons. The second-order valence-electron chi connectivity index (χ2n) is 3.09. The summed E-state index contributed by atoms with van der Waals surface area (Å²) in [7, 11) is 1.87. The van der Waals surface area contributed by atoms with Crippen molar-refractivity contribution in [3.63, 3.8) is 0 Å². The molecule has 0 unspecified atom stereocenters. The van der Waals surface area contributed by atoms with Gasteiger partial charge in [-0.3, -0.25) is 4.68 Å². The number of aryl methyl sites for hydroxylation is 1. The van der Waals surface area contributed by atoms with Crippen molar-refractivity contribution < 1.29 is 4.74 Å². The van der Waals surface area contributed by atoms with Crippen molar-refractivity contribution in [2.24, 2.45) is 7.05 Å². The van der Waals surface area contributed by atoms with Crippen LogP contribution in [-0.2, 0) is 13.7 Å². The van der Waals surface area contributed by atoms with E-state index in [0.717, 1.165) is 5.69 Å². The number of rotatable bonds is 3. The first kappa shape index (κ1) is 9.98. The fourth-order valence-electron chi connectivity index (χ4n) is 1.15. The Morgan fingerprint density at radius 2 is 2.27 bits per heavy atom. The third kappa shape index (κ3) is 2.70. The predicted molar refractivity (Wildman–Crippen MR) is 56.8 cm³/mol. The van der Waals surface area contributed by atoms with E-state index in [0.29, 0.717) is 17.5 Å². The minimum absolute atomic E-state index is 0.435. The topological polar surface area (TPSA) is 39.9 Å². The number of hydrogen-bond donors (Lipinski definition) is 0. The van der Waals surface area contributed by atoms with Gasteiger partial charge in [0.2, 0.25) is 0 Å². The SMILES string of the molecule is Cn1ccc(COc2ccc(Cl)nc2)n1. The molecule has 0 N–H and O–H groups in total. The van der Waals surface area contributed by atoms with E-state index in [4.69, 9.17) is 16.3 Å². The first-order chi connectivity index (χ1) is 7.24. The van der Waals surface area contributed by atoms with Crippen LogP contribution in [0.2, 0.25) is 5.15 Å². The number of ether oxygens (including phenoxy) is 1. The number of hydrogen-bond acceptors (Lipinski definition) is 3. The molecule has 2 aromatic rings. The molecule has 0 bridgehead atoms. The van der Waals surface area contributed by atoms with Gasteiger partial charge >= 0.3 is 0 Å². The molecule has 15 heavy (non-hydrogen) atoms. The monoisotopic (exact) mass is 223 g/mol. The molecule has 0 atom stereocenters. The Labute approximate surface area is 92.5 Å². The number of nitrogens with zero attached hydrogens (tertiary/aromatic N) is 3. The van der Waals surface area contributed by atoms with Crippen LogP contribution in [0.25, 0.3) is 0 Å². The van der Waals surface area contributed by atoms with Crippen molar-refractivity contribution in [1.29, 1.82) is 0 Å². The summed E-state index contributed by atoms with van der Waals surface area (Å²) >= 11 is 5.65. The maximum absolute atomic E-state index is 5.65. The Morgan fingerprint density at radius 3 is 2.87 bits per heavy atom. The van der Waals surface area contributed by atoms with Crippen molar-refractivity contribution in [3.8, 4) is 5.75 Å². The van der Waals surface area contributed by atoms with Crippen molar-refractivity contribution in [1.82, 2.24) is 14.8 Å². The predicted octanol–water partition coefficient (Wildman–Crippen LogP) is 2.05. The van der Waals surface area contributed by atoms with Gasteiger partial charge in [0.25, 0.3) is 0 Å². The van der Waals surface area contributed by atoms with E-state index in [9.17, 15) is 0 Å². The van der Waals surface area contributed by atoms with Gasteiger partial charge in [-0.15, -0.1) is 0 Å². The Kier molecular flexibility index (Phi) is 2.87. The molecule has 2 rings (SSSR count).